The number of aliphatic hydroxyl groups excluding tert-OH is 1. The van der Waals surface area contributed by atoms with Gasteiger partial charge in [0.25, 0.3) is 5.91 Å². The highest BCUT2D eigenvalue weighted by Gasteiger charge is 2.41. The molecule has 3 rings (SSSR count). The van der Waals surface area contributed by atoms with Gasteiger partial charge in [-0.3, -0.25) is 9.48 Å². The number of rotatable bonds is 4. The van der Waals surface area contributed by atoms with Crippen LogP contribution in [0.1, 0.15) is 36.5 Å². The Hall–Kier alpha value is -1.85. The van der Waals surface area contributed by atoms with Gasteiger partial charge in [0, 0.05) is 23.8 Å². The quantitative estimate of drug-likeness (QED) is 0.908. The summed E-state index contributed by atoms with van der Waals surface area (Å²) in [6.07, 6.45) is 4.70. The average molecular weight is 320 g/mol. The van der Waals surface area contributed by atoms with E-state index in [0.29, 0.717) is 10.6 Å². The maximum atomic E-state index is 12.4. The van der Waals surface area contributed by atoms with Crippen molar-refractivity contribution in [2.75, 3.05) is 0 Å². The SMILES string of the molecule is Cn1cc([C@H](O)C(=O)NC2(c3ccc(Cl)cc3)CCC2)cn1. The summed E-state index contributed by atoms with van der Waals surface area (Å²) in [6, 6.07) is 7.50. The Labute approximate surface area is 133 Å². The van der Waals surface area contributed by atoms with Gasteiger partial charge in [-0.15, -0.1) is 0 Å². The standard InChI is InChI=1S/C16H18ClN3O2/c1-20-10-11(9-18-20)14(21)15(22)19-16(7-2-8-16)12-3-5-13(17)6-4-12/h3-6,9-10,14,21H,2,7-8H2,1H3,(H,19,22)/t14-/m0/s1. The van der Waals surface area contributed by atoms with E-state index in [9.17, 15) is 9.90 Å². The molecular weight excluding hydrogens is 302 g/mol. The highest BCUT2D eigenvalue weighted by molar-refractivity contribution is 6.30. The van der Waals surface area contributed by atoms with Gasteiger partial charge in [-0.1, -0.05) is 23.7 Å². The topological polar surface area (TPSA) is 67.2 Å². The van der Waals surface area contributed by atoms with Crippen molar-refractivity contribution < 1.29 is 9.90 Å². The molecule has 1 aromatic heterocycles. The molecule has 2 N–H and O–H groups in total. The van der Waals surface area contributed by atoms with Crippen molar-refractivity contribution >= 4 is 17.5 Å². The van der Waals surface area contributed by atoms with Gasteiger partial charge in [0.05, 0.1) is 11.7 Å². The Balaban J connectivity index is 1.77. The lowest BCUT2D eigenvalue weighted by Gasteiger charge is -2.43. The lowest BCUT2D eigenvalue weighted by atomic mass is 9.71. The molecule has 0 spiro atoms. The highest BCUT2D eigenvalue weighted by Crippen LogP contribution is 2.41. The van der Waals surface area contributed by atoms with Crippen LogP contribution in [0.4, 0.5) is 0 Å². The van der Waals surface area contributed by atoms with E-state index >= 15 is 0 Å². The zero-order chi connectivity index (χ0) is 15.7. The van der Waals surface area contributed by atoms with Crippen LogP contribution in [0.15, 0.2) is 36.7 Å². The summed E-state index contributed by atoms with van der Waals surface area (Å²) in [5.74, 6) is -0.400. The Morgan fingerprint density at radius 3 is 2.59 bits per heavy atom. The normalized spacial score (nSPS) is 17.6. The highest BCUT2D eigenvalue weighted by atomic mass is 35.5. The molecular formula is C16H18ClN3O2. The molecule has 0 radical (unpaired) electrons. The van der Waals surface area contributed by atoms with Gasteiger partial charge in [0.2, 0.25) is 0 Å². The fourth-order valence-corrected chi connectivity index (χ4v) is 2.95. The molecule has 0 aliphatic heterocycles. The van der Waals surface area contributed by atoms with Crippen LogP contribution in [0, 0.1) is 0 Å². The molecule has 22 heavy (non-hydrogen) atoms. The number of nitrogens with zero attached hydrogens (tertiary/aromatic N) is 2. The molecule has 0 unspecified atom stereocenters. The Morgan fingerprint density at radius 1 is 1.41 bits per heavy atom. The van der Waals surface area contributed by atoms with Gasteiger partial charge in [0.1, 0.15) is 0 Å². The second-order valence-electron chi connectivity index (χ2n) is 5.78. The summed E-state index contributed by atoms with van der Waals surface area (Å²) in [7, 11) is 1.75. The first-order valence-corrected chi connectivity index (χ1v) is 7.63. The van der Waals surface area contributed by atoms with Gasteiger partial charge in [-0.2, -0.15) is 5.10 Å². The van der Waals surface area contributed by atoms with Gasteiger partial charge in [0.15, 0.2) is 6.10 Å². The summed E-state index contributed by atoms with van der Waals surface area (Å²) < 4.78 is 1.56. The van der Waals surface area contributed by atoms with Crippen LogP contribution < -0.4 is 5.32 Å². The maximum Gasteiger partial charge on any atom is 0.254 e. The molecule has 6 heteroatoms. The fraction of sp³-hybridized carbons (Fsp3) is 0.375. The van der Waals surface area contributed by atoms with Crippen molar-refractivity contribution in [2.45, 2.75) is 30.9 Å². The number of aryl methyl sites for hydroxylation is 1. The van der Waals surface area contributed by atoms with Crippen LogP contribution in [0.5, 0.6) is 0 Å². The zero-order valence-corrected chi connectivity index (χ0v) is 13.0. The van der Waals surface area contributed by atoms with Gasteiger partial charge in [-0.25, -0.2) is 0 Å². The molecule has 1 amide bonds. The first-order chi connectivity index (χ1) is 10.5. The molecule has 0 saturated heterocycles. The summed E-state index contributed by atoms with van der Waals surface area (Å²) in [5.41, 5.74) is 1.12. The second kappa shape index (κ2) is 5.74. The van der Waals surface area contributed by atoms with Crippen LogP contribution >= 0.6 is 11.6 Å². The predicted molar refractivity (Wildman–Crippen MR) is 83.3 cm³/mol. The molecule has 116 valence electrons. The number of aliphatic hydroxyl groups is 1. The largest absolute Gasteiger partial charge is 0.378 e. The smallest absolute Gasteiger partial charge is 0.254 e. The Morgan fingerprint density at radius 2 is 2.09 bits per heavy atom. The number of halogens is 1. The summed E-state index contributed by atoms with van der Waals surface area (Å²) in [4.78, 5) is 12.4. The first kappa shape index (κ1) is 15.1. The third kappa shape index (κ3) is 2.74. The first-order valence-electron chi connectivity index (χ1n) is 7.25. The monoisotopic (exact) mass is 319 g/mol. The molecule has 1 aliphatic rings. The molecule has 1 fully saturated rings. The van der Waals surface area contributed by atoms with E-state index in [2.05, 4.69) is 10.4 Å². The molecule has 1 atom stereocenters. The van der Waals surface area contributed by atoms with Crippen LogP contribution in [0.3, 0.4) is 0 Å². The van der Waals surface area contributed by atoms with Crippen LogP contribution in [0.25, 0.3) is 0 Å². The number of hydrogen-bond donors (Lipinski definition) is 2. The molecule has 0 bridgehead atoms. The van der Waals surface area contributed by atoms with E-state index in [0.717, 1.165) is 24.8 Å². The summed E-state index contributed by atoms with van der Waals surface area (Å²) >= 11 is 5.92. The fourth-order valence-electron chi connectivity index (χ4n) is 2.82. The number of aromatic nitrogens is 2. The van der Waals surface area contributed by atoms with E-state index in [4.69, 9.17) is 11.6 Å². The maximum absolute atomic E-state index is 12.4. The van der Waals surface area contributed by atoms with Crippen LogP contribution in [-0.4, -0.2) is 20.8 Å². The average Bonchev–Trinajstić information content (AvgIpc) is 2.89. The van der Waals surface area contributed by atoms with Gasteiger partial charge >= 0.3 is 0 Å². The predicted octanol–water partition coefficient (Wildman–Crippen LogP) is 2.30. The molecule has 1 aliphatic carbocycles. The number of amides is 1. The minimum atomic E-state index is -1.21. The van der Waals surface area contributed by atoms with Gasteiger partial charge < -0.3 is 10.4 Å². The van der Waals surface area contributed by atoms with E-state index in [1.165, 1.54) is 6.20 Å². The number of hydrogen-bond acceptors (Lipinski definition) is 3. The van der Waals surface area contributed by atoms with E-state index in [-0.39, 0.29) is 0 Å². The second-order valence-corrected chi connectivity index (χ2v) is 6.22. The molecule has 1 heterocycles. The van der Waals surface area contributed by atoms with E-state index in [1.807, 2.05) is 24.3 Å². The van der Waals surface area contributed by atoms with Crippen molar-refractivity contribution in [1.82, 2.24) is 15.1 Å². The molecule has 1 aromatic carbocycles. The molecule has 2 aromatic rings. The Bertz CT molecular complexity index is 677. The number of carbonyl (C=O) groups is 1. The van der Waals surface area contributed by atoms with E-state index < -0.39 is 17.6 Å². The summed E-state index contributed by atoms with van der Waals surface area (Å²) in [6.45, 7) is 0. The number of benzene rings is 1. The minimum Gasteiger partial charge on any atom is -0.378 e. The van der Waals surface area contributed by atoms with Crippen molar-refractivity contribution in [3.05, 3.63) is 52.8 Å². The number of carbonyl (C=O) groups excluding carboxylic acids is 1. The van der Waals surface area contributed by atoms with Crippen molar-refractivity contribution in [3.63, 3.8) is 0 Å². The lowest BCUT2D eigenvalue weighted by Crippen LogP contribution is -2.52. The number of nitrogens with one attached hydrogen (secondary N) is 1. The lowest BCUT2D eigenvalue weighted by molar-refractivity contribution is -0.133. The van der Waals surface area contributed by atoms with Crippen molar-refractivity contribution in [1.29, 1.82) is 0 Å². The van der Waals surface area contributed by atoms with Crippen LogP contribution in [-0.2, 0) is 17.4 Å². The zero-order valence-electron chi connectivity index (χ0n) is 12.3. The minimum absolute atomic E-state index is 0.398. The molecule has 1 saturated carbocycles. The summed E-state index contributed by atoms with van der Waals surface area (Å²) in [5, 5.41) is 17.8. The third-order valence-electron chi connectivity index (χ3n) is 4.26. The van der Waals surface area contributed by atoms with Gasteiger partial charge in [-0.05, 0) is 37.0 Å². The van der Waals surface area contributed by atoms with E-state index in [1.54, 1.807) is 17.9 Å². The molecule has 5 nitrogen and oxygen atoms in total. The van der Waals surface area contributed by atoms with Crippen molar-refractivity contribution in [3.8, 4) is 0 Å². The third-order valence-corrected chi connectivity index (χ3v) is 4.51. The van der Waals surface area contributed by atoms with Crippen molar-refractivity contribution in [2.24, 2.45) is 7.05 Å². The Kier molecular flexibility index (Phi) is 3.93. The van der Waals surface area contributed by atoms with Crippen LogP contribution in [0.2, 0.25) is 5.02 Å².